The number of amides is 1. The third kappa shape index (κ3) is 3.13. The number of rotatable bonds is 5. The molecule has 0 bridgehead atoms. The van der Waals surface area contributed by atoms with Gasteiger partial charge in [0.05, 0.1) is 25.2 Å². The quantitative estimate of drug-likeness (QED) is 0.626. The normalized spacial score (nSPS) is 32.2. The molecule has 0 radical (unpaired) electrons. The second-order valence-corrected chi connectivity index (χ2v) is 5.83. The number of ether oxygens (including phenoxy) is 1. The van der Waals surface area contributed by atoms with E-state index in [1.54, 1.807) is 0 Å². The Kier molecular flexibility index (Phi) is 5.24. The lowest BCUT2D eigenvalue weighted by molar-refractivity contribution is -0.131. The van der Waals surface area contributed by atoms with Crippen molar-refractivity contribution in [2.75, 3.05) is 26.1 Å². The molecule has 1 fully saturated rings. The van der Waals surface area contributed by atoms with E-state index in [-0.39, 0.29) is 29.8 Å². The minimum Gasteiger partial charge on any atom is -0.395 e. The maximum atomic E-state index is 12.2. The first kappa shape index (κ1) is 14.8. The minimum absolute atomic E-state index is 0.00101. The van der Waals surface area contributed by atoms with E-state index in [4.69, 9.17) is 15.6 Å². The lowest BCUT2D eigenvalue weighted by Gasteiger charge is -2.29. The van der Waals surface area contributed by atoms with Gasteiger partial charge in [0.15, 0.2) is 0 Å². The summed E-state index contributed by atoms with van der Waals surface area (Å²) in [5.74, 6) is -0.0949. The molecule has 6 heteroatoms. The van der Waals surface area contributed by atoms with E-state index in [0.29, 0.717) is 13.2 Å². The summed E-state index contributed by atoms with van der Waals surface area (Å²) in [6.07, 6.45) is 1.91. The molecule has 0 aromatic rings. The topological polar surface area (TPSA) is 84.6 Å². The van der Waals surface area contributed by atoms with Gasteiger partial charge in [0, 0.05) is 17.3 Å². The average molecular weight is 262 g/mol. The highest BCUT2D eigenvalue weighted by Crippen LogP contribution is 2.27. The molecule has 0 aliphatic carbocycles. The Balaban J connectivity index is 2.59. The standard InChI is InChI=1S/C11H22N2O3S/c1-7(8(4-14)17-3)13-10(15)11(2)6-16-5-9(11)12/h7-9,14H,4-6,12H2,1-3H3,(H,13,15). The van der Waals surface area contributed by atoms with Crippen LogP contribution < -0.4 is 11.1 Å². The molecule has 4 N–H and O–H groups in total. The third-order valence-corrected chi connectivity index (χ3v) is 4.60. The maximum Gasteiger partial charge on any atom is 0.230 e. The van der Waals surface area contributed by atoms with Crippen molar-refractivity contribution in [3.05, 3.63) is 0 Å². The number of hydrogen-bond acceptors (Lipinski definition) is 5. The molecule has 4 atom stereocenters. The number of aliphatic hydroxyl groups is 1. The summed E-state index contributed by atoms with van der Waals surface area (Å²) in [4.78, 5) is 12.2. The second kappa shape index (κ2) is 6.04. The largest absolute Gasteiger partial charge is 0.395 e. The summed E-state index contributed by atoms with van der Waals surface area (Å²) in [5.41, 5.74) is 5.23. The summed E-state index contributed by atoms with van der Waals surface area (Å²) >= 11 is 1.54. The summed E-state index contributed by atoms with van der Waals surface area (Å²) in [7, 11) is 0. The van der Waals surface area contributed by atoms with Crippen molar-refractivity contribution >= 4 is 17.7 Å². The van der Waals surface area contributed by atoms with E-state index in [9.17, 15) is 4.79 Å². The van der Waals surface area contributed by atoms with Crippen LogP contribution in [0.1, 0.15) is 13.8 Å². The number of thioether (sulfide) groups is 1. The van der Waals surface area contributed by atoms with Gasteiger partial charge in [-0.15, -0.1) is 0 Å². The van der Waals surface area contributed by atoms with Gasteiger partial charge in [-0.2, -0.15) is 11.8 Å². The van der Waals surface area contributed by atoms with E-state index in [0.717, 1.165) is 0 Å². The van der Waals surface area contributed by atoms with Crippen LogP contribution in [0.2, 0.25) is 0 Å². The lowest BCUT2D eigenvalue weighted by atomic mass is 9.84. The first-order valence-electron chi connectivity index (χ1n) is 5.73. The van der Waals surface area contributed by atoms with Crippen LogP contribution in [0, 0.1) is 5.41 Å². The fraction of sp³-hybridized carbons (Fsp3) is 0.909. The number of nitrogens with one attached hydrogen (secondary N) is 1. The van der Waals surface area contributed by atoms with Crippen LogP contribution in [-0.2, 0) is 9.53 Å². The maximum absolute atomic E-state index is 12.2. The zero-order valence-corrected chi connectivity index (χ0v) is 11.4. The summed E-state index contributed by atoms with van der Waals surface area (Å²) in [6.45, 7) is 4.53. The summed E-state index contributed by atoms with van der Waals surface area (Å²) in [5, 5.41) is 12.1. The van der Waals surface area contributed by atoms with Gasteiger partial charge in [0.1, 0.15) is 0 Å². The van der Waals surface area contributed by atoms with E-state index in [1.807, 2.05) is 20.1 Å². The van der Waals surface area contributed by atoms with Crippen LogP contribution in [0.25, 0.3) is 0 Å². The second-order valence-electron chi connectivity index (χ2n) is 4.76. The highest BCUT2D eigenvalue weighted by Gasteiger charge is 2.44. The van der Waals surface area contributed by atoms with Gasteiger partial charge in [0.2, 0.25) is 5.91 Å². The predicted molar refractivity (Wildman–Crippen MR) is 68.9 cm³/mol. The average Bonchev–Trinajstić information content (AvgIpc) is 2.62. The Morgan fingerprint density at radius 3 is 2.82 bits per heavy atom. The smallest absolute Gasteiger partial charge is 0.230 e. The molecule has 5 nitrogen and oxygen atoms in total. The van der Waals surface area contributed by atoms with Gasteiger partial charge in [0.25, 0.3) is 0 Å². The van der Waals surface area contributed by atoms with Crippen molar-refractivity contribution in [3.8, 4) is 0 Å². The van der Waals surface area contributed by atoms with Crippen LogP contribution in [0.4, 0.5) is 0 Å². The third-order valence-electron chi connectivity index (χ3n) is 3.44. The van der Waals surface area contributed by atoms with Crippen molar-refractivity contribution in [2.24, 2.45) is 11.1 Å². The Labute approximate surface area is 106 Å². The van der Waals surface area contributed by atoms with Gasteiger partial charge < -0.3 is 20.9 Å². The molecule has 1 aliphatic rings. The fourth-order valence-electron chi connectivity index (χ4n) is 1.82. The molecule has 1 aliphatic heterocycles. The molecule has 4 unspecified atom stereocenters. The number of hydrogen-bond donors (Lipinski definition) is 3. The van der Waals surface area contributed by atoms with Crippen molar-refractivity contribution in [3.63, 3.8) is 0 Å². The van der Waals surface area contributed by atoms with Crippen molar-refractivity contribution < 1.29 is 14.6 Å². The molecule has 1 amide bonds. The Morgan fingerprint density at radius 1 is 1.76 bits per heavy atom. The van der Waals surface area contributed by atoms with Gasteiger partial charge in [-0.3, -0.25) is 4.79 Å². The molecule has 0 aromatic carbocycles. The van der Waals surface area contributed by atoms with Crippen LogP contribution in [0.5, 0.6) is 0 Å². The molecule has 1 saturated heterocycles. The van der Waals surface area contributed by atoms with Crippen molar-refractivity contribution in [2.45, 2.75) is 31.2 Å². The molecule has 1 rings (SSSR count). The number of aliphatic hydroxyl groups excluding tert-OH is 1. The van der Waals surface area contributed by atoms with Crippen LogP contribution in [0.3, 0.4) is 0 Å². The van der Waals surface area contributed by atoms with Gasteiger partial charge in [-0.25, -0.2) is 0 Å². The molecule has 17 heavy (non-hydrogen) atoms. The monoisotopic (exact) mass is 262 g/mol. The highest BCUT2D eigenvalue weighted by molar-refractivity contribution is 7.99. The Hall–Kier alpha value is -0.300. The molecule has 0 saturated carbocycles. The minimum atomic E-state index is -0.660. The number of carbonyl (C=O) groups is 1. The van der Waals surface area contributed by atoms with E-state index >= 15 is 0 Å². The molecule has 1 heterocycles. The van der Waals surface area contributed by atoms with Gasteiger partial charge in [-0.1, -0.05) is 0 Å². The Bertz CT molecular complexity index is 273. The van der Waals surface area contributed by atoms with Gasteiger partial charge in [-0.05, 0) is 20.1 Å². The Morgan fingerprint density at radius 2 is 2.41 bits per heavy atom. The van der Waals surface area contributed by atoms with Gasteiger partial charge >= 0.3 is 0 Å². The van der Waals surface area contributed by atoms with Crippen LogP contribution >= 0.6 is 11.8 Å². The van der Waals surface area contributed by atoms with E-state index < -0.39 is 5.41 Å². The number of nitrogens with two attached hydrogens (primary N) is 1. The van der Waals surface area contributed by atoms with Crippen LogP contribution in [0.15, 0.2) is 0 Å². The lowest BCUT2D eigenvalue weighted by Crippen LogP contribution is -2.53. The molecule has 100 valence electrons. The zero-order chi connectivity index (χ0) is 13.1. The van der Waals surface area contributed by atoms with Crippen molar-refractivity contribution in [1.29, 1.82) is 0 Å². The first-order chi connectivity index (χ1) is 7.95. The predicted octanol–water partition coefficient (Wildman–Crippen LogP) is -0.421. The summed E-state index contributed by atoms with van der Waals surface area (Å²) < 4.78 is 5.25. The van der Waals surface area contributed by atoms with Crippen LogP contribution in [-0.4, -0.2) is 54.4 Å². The van der Waals surface area contributed by atoms with Crippen molar-refractivity contribution in [1.82, 2.24) is 5.32 Å². The molecular weight excluding hydrogens is 240 g/mol. The fourth-order valence-corrected chi connectivity index (χ4v) is 2.45. The summed E-state index contributed by atoms with van der Waals surface area (Å²) in [6, 6.07) is -0.358. The first-order valence-corrected chi connectivity index (χ1v) is 7.02. The SMILES string of the molecule is CSC(CO)C(C)NC(=O)C1(C)COCC1N. The van der Waals surface area contributed by atoms with E-state index in [2.05, 4.69) is 5.32 Å². The zero-order valence-electron chi connectivity index (χ0n) is 10.6. The molecule has 0 aromatic heterocycles. The number of carbonyl (C=O) groups excluding carboxylic acids is 1. The molecule has 0 spiro atoms. The van der Waals surface area contributed by atoms with E-state index in [1.165, 1.54) is 11.8 Å². The highest BCUT2D eigenvalue weighted by atomic mass is 32.2. The molecular formula is C11H22N2O3S.